The summed E-state index contributed by atoms with van der Waals surface area (Å²) in [6.07, 6.45) is 2.73. The van der Waals surface area contributed by atoms with Crippen LogP contribution in [0.3, 0.4) is 0 Å². The topological polar surface area (TPSA) is 35.5 Å². The minimum Gasteiger partial charge on any atom is -0.469 e. The predicted octanol–water partition coefficient (Wildman–Crippen LogP) is 3.11. The fraction of sp³-hybridized carbons (Fsp3) is 0.533. The van der Waals surface area contributed by atoms with Crippen molar-refractivity contribution in [2.75, 3.05) is 7.11 Å². The van der Waals surface area contributed by atoms with Crippen molar-refractivity contribution in [3.8, 4) is 0 Å². The molecule has 0 heterocycles. The largest absolute Gasteiger partial charge is 0.469 e. The van der Waals surface area contributed by atoms with Gasteiger partial charge in [0.15, 0.2) is 0 Å². The van der Waals surface area contributed by atoms with Gasteiger partial charge < -0.3 is 9.47 Å². The third kappa shape index (κ3) is 4.88. The average Bonchev–Trinajstić information content (AvgIpc) is 2.38. The van der Waals surface area contributed by atoms with Gasteiger partial charge in [-0.1, -0.05) is 37.6 Å². The van der Waals surface area contributed by atoms with E-state index in [1.165, 1.54) is 7.11 Å². The lowest BCUT2D eigenvalue weighted by molar-refractivity contribution is -0.139. The summed E-state index contributed by atoms with van der Waals surface area (Å²) < 4.78 is 10.5. The standard InChI is InChI=1S/C15H22O3/c1-4-7-12(2)18-11-14-9-6-5-8-13(14)10-15(16)17-3/h5-6,8-9,12H,4,7,10-11H2,1-3H3. The van der Waals surface area contributed by atoms with E-state index in [-0.39, 0.29) is 12.1 Å². The zero-order valence-corrected chi connectivity index (χ0v) is 11.4. The van der Waals surface area contributed by atoms with Crippen molar-refractivity contribution >= 4 is 5.97 Å². The molecule has 0 saturated carbocycles. The Balaban J connectivity index is 2.61. The Morgan fingerprint density at radius 2 is 1.94 bits per heavy atom. The molecule has 0 bridgehead atoms. The number of ether oxygens (including phenoxy) is 2. The molecule has 3 nitrogen and oxygen atoms in total. The lowest BCUT2D eigenvalue weighted by Crippen LogP contribution is -2.11. The van der Waals surface area contributed by atoms with E-state index < -0.39 is 0 Å². The molecule has 18 heavy (non-hydrogen) atoms. The molecule has 0 aliphatic heterocycles. The quantitative estimate of drug-likeness (QED) is 0.697. The first-order chi connectivity index (χ1) is 8.67. The summed E-state index contributed by atoms with van der Waals surface area (Å²) in [5, 5.41) is 0. The van der Waals surface area contributed by atoms with Crippen molar-refractivity contribution < 1.29 is 14.3 Å². The Hall–Kier alpha value is -1.35. The fourth-order valence-corrected chi connectivity index (χ4v) is 1.82. The summed E-state index contributed by atoms with van der Waals surface area (Å²) in [4.78, 5) is 11.3. The summed E-state index contributed by atoms with van der Waals surface area (Å²) >= 11 is 0. The molecule has 0 aromatic heterocycles. The maximum atomic E-state index is 11.3. The molecule has 0 N–H and O–H groups in total. The van der Waals surface area contributed by atoms with Gasteiger partial charge in [0.05, 0.1) is 26.2 Å². The van der Waals surface area contributed by atoms with Crippen molar-refractivity contribution in [2.45, 2.75) is 45.8 Å². The van der Waals surface area contributed by atoms with Gasteiger partial charge in [0.2, 0.25) is 0 Å². The van der Waals surface area contributed by atoms with E-state index in [2.05, 4.69) is 13.8 Å². The minimum atomic E-state index is -0.218. The van der Waals surface area contributed by atoms with Crippen LogP contribution in [0.25, 0.3) is 0 Å². The van der Waals surface area contributed by atoms with E-state index in [1.54, 1.807) is 0 Å². The van der Waals surface area contributed by atoms with Crippen LogP contribution in [0.2, 0.25) is 0 Å². The highest BCUT2D eigenvalue weighted by atomic mass is 16.5. The van der Waals surface area contributed by atoms with E-state index in [1.807, 2.05) is 24.3 Å². The van der Waals surface area contributed by atoms with Gasteiger partial charge in [-0.15, -0.1) is 0 Å². The maximum absolute atomic E-state index is 11.3. The van der Waals surface area contributed by atoms with Crippen LogP contribution in [-0.4, -0.2) is 19.2 Å². The lowest BCUT2D eigenvalue weighted by Gasteiger charge is -2.14. The van der Waals surface area contributed by atoms with E-state index in [9.17, 15) is 4.79 Å². The van der Waals surface area contributed by atoms with Crippen LogP contribution in [0.4, 0.5) is 0 Å². The highest BCUT2D eigenvalue weighted by molar-refractivity contribution is 5.72. The van der Waals surface area contributed by atoms with Gasteiger partial charge in [-0.05, 0) is 24.5 Å². The number of carbonyl (C=O) groups is 1. The number of esters is 1. The first-order valence-electron chi connectivity index (χ1n) is 6.42. The molecule has 0 fully saturated rings. The summed E-state index contributed by atoms with van der Waals surface area (Å²) in [7, 11) is 1.41. The van der Waals surface area contributed by atoms with Crippen LogP contribution in [0.1, 0.15) is 37.8 Å². The van der Waals surface area contributed by atoms with Crippen molar-refractivity contribution in [3.05, 3.63) is 35.4 Å². The number of carbonyl (C=O) groups excluding carboxylic acids is 1. The second-order valence-electron chi connectivity index (χ2n) is 4.43. The van der Waals surface area contributed by atoms with E-state index >= 15 is 0 Å². The normalized spacial score (nSPS) is 12.2. The second-order valence-corrected chi connectivity index (χ2v) is 4.43. The Labute approximate surface area is 109 Å². The van der Waals surface area contributed by atoms with Gasteiger partial charge in [-0.25, -0.2) is 0 Å². The third-order valence-corrected chi connectivity index (χ3v) is 2.90. The maximum Gasteiger partial charge on any atom is 0.309 e. The average molecular weight is 250 g/mol. The number of rotatable bonds is 7. The van der Waals surface area contributed by atoms with Crippen molar-refractivity contribution in [3.63, 3.8) is 0 Å². The van der Waals surface area contributed by atoms with Crippen LogP contribution in [0.5, 0.6) is 0 Å². The minimum absolute atomic E-state index is 0.218. The molecule has 1 aromatic carbocycles. The van der Waals surface area contributed by atoms with E-state index in [4.69, 9.17) is 9.47 Å². The predicted molar refractivity (Wildman–Crippen MR) is 71.3 cm³/mol. The summed E-state index contributed by atoms with van der Waals surface area (Å²) in [5.74, 6) is -0.218. The smallest absolute Gasteiger partial charge is 0.309 e. The van der Waals surface area contributed by atoms with Gasteiger partial charge in [0.1, 0.15) is 0 Å². The lowest BCUT2D eigenvalue weighted by atomic mass is 10.1. The van der Waals surface area contributed by atoms with Crippen LogP contribution in [-0.2, 0) is 27.3 Å². The SMILES string of the molecule is CCCC(C)OCc1ccccc1CC(=O)OC. The van der Waals surface area contributed by atoms with Crippen LogP contribution < -0.4 is 0 Å². The molecule has 0 spiro atoms. The first kappa shape index (κ1) is 14.7. The summed E-state index contributed by atoms with van der Waals surface area (Å²) in [6.45, 7) is 4.77. The van der Waals surface area contributed by atoms with Crippen LogP contribution in [0, 0.1) is 0 Å². The van der Waals surface area contributed by atoms with Gasteiger partial charge in [0, 0.05) is 0 Å². The molecule has 100 valence electrons. The molecule has 1 atom stereocenters. The molecule has 0 radical (unpaired) electrons. The number of methoxy groups -OCH3 is 1. The number of hydrogen-bond donors (Lipinski definition) is 0. The highest BCUT2D eigenvalue weighted by Gasteiger charge is 2.09. The Morgan fingerprint density at radius 3 is 2.56 bits per heavy atom. The number of benzene rings is 1. The summed E-state index contributed by atoms with van der Waals surface area (Å²) in [6, 6.07) is 7.83. The van der Waals surface area contributed by atoms with Crippen molar-refractivity contribution in [1.82, 2.24) is 0 Å². The third-order valence-electron chi connectivity index (χ3n) is 2.90. The first-order valence-corrected chi connectivity index (χ1v) is 6.42. The van der Waals surface area contributed by atoms with Crippen molar-refractivity contribution in [1.29, 1.82) is 0 Å². The molecular formula is C15H22O3. The van der Waals surface area contributed by atoms with E-state index in [0.717, 1.165) is 24.0 Å². The Kier molecular flexibility index (Phi) is 6.44. The Morgan fingerprint density at radius 1 is 1.28 bits per heavy atom. The molecular weight excluding hydrogens is 228 g/mol. The van der Waals surface area contributed by atoms with Gasteiger partial charge in [-0.2, -0.15) is 0 Å². The summed E-state index contributed by atoms with van der Waals surface area (Å²) in [5.41, 5.74) is 2.04. The highest BCUT2D eigenvalue weighted by Crippen LogP contribution is 2.13. The molecule has 0 amide bonds. The van der Waals surface area contributed by atoms with Crippen molar-refractivity contribution in [2.24, 2.45) is 0 Å². The van der Waals surface area contributed by atoms with Crippen LogP contribution in [0.15, 0.2) is 24.3 Å². The number of hydrogen-bond acceptors (Lipinski definition) is 3. The molecule has 1 aromatic rings. The monoisotopic (exact) mass is 250 g/mol. The molecule has 0 aliphatic carbocycles. The van der Waals surface area contributed by atoms with Crippen LogP contribution >= 0.6 is 0 Å². The zero-order chi connectivity index (χ0) is 13.4. The van der Waals surface area contributed by atoms with E-state index in [0.29, 0.717) is 13.0 Å². The van der Waals surface area contributed by atoms with Gasteiger partial charge in [0.25, 0.3) is 0 Å². The zero-order valence-electron chi connectivity index (χ0n) is 11.4. The Bertz CT molecular complexity index is 374. The van der Waals surface area contributed by atoms with Gasteiger partial charge in [-0.3, -0.25) is 4.79 Å². The molecule has 1 rings (SSSR count). The molecule has 3 heteroatoms. The van der Waals surface area contributed by atoms with Gasteiger partial charge >= 0.3 is 5.97 Å². The molecule has 0 aliphatic rings. The second kappa shape index (κ2) is 7.88. The molecule has 0 saturated heterocycles. The fourth-order valence-electron chi connectivity index (χ4n) is 1.82. The molecule has 1 unspecified atom stereocenters.